The van der Waals surface area contributed by atoms with Crippen molar-refractivity contribution in [1.82, 2.24) is 20.4 Å². The van der Waals surface area contributed by atoms with E-state index < -0.39 is 0 Å². The number of benzene rings is 1. The molecule has 1 fully saturated rings. The van der Waals surface area contributed by atoms with Gasteiger partial charge in [-0.15, -0.1) is 24.0 Å². The minimum atomic E-state index is 0. The second-order valence-electron chi connectivity index (χ2n) is 8.09. The van der Waals surface area contributed by atoms with Crippen molar-refractivity contribution in [2.24, 2.45) is 4.99 Å². The van der Waals surface area contributed by atoms with Gasteiger partial charge in [0, 0.05) is 46.4 Å². The van der Waals surface area contributed by atoms with Crippen LogP contribution in [-0.2, 0) is 24.4 Å². The Balaban J connectivity index is 0.00000363. The van der Waals surface area contributed by atoms with Crippen molar-refractivity contribution in [2.45, 2.75) is 32.5 Å². The average Bonchev–Trinajstić information content (AvgIpc) is 3.22. The molecule has 2 N–H and O–H groups in total. The van der Waals surface area contributed by atoms with E-state index in [0.717, 1.165) is 50.9 Å². The second kappa shape index (κ2) is 15.3. The van der Waals surface area contributed by atoms with E-state index in [1.54, 1.807) is 13.3 Å². The Morgan fingerprint density at radius 3 is 2.62 bits per heavy atom. The van der Waals surface area contributed by atoms with Crippen LogP contribution in [0.25, 0.3) is 0 Å². The monoisotopic (exact) mass is 555 g/mol. The first-order chi connectivity index (χ1) is 15.2. The Labute approximate surface area is 209 Å². The first-order valence-corrected chi connectivity index (χ1v) is 11.3. The van der Waals surface area contributed by atoms with Gasteiger partial charge in [-0.3, -0.25) is 9.89 Å². The molecule has 2 aromatic rings. The number of rotatable bonds is 10. The number of nitrogens with zero attached hydrogens (tertiary/aromatic N) is 3. The van der Waals surface area contributed by atoms with Crippen LogP contribution in [0.1, 0.15) is 29.7 Å². The van der Waals surface area contributed by atoms with E-state index >= 15 is 0 Å². The number of nitrogens with one attached hydrogen (secondary N) is 2. The van der Waals surface area contributed by atoms with Crippen molar-refractivity contribution in [2.75, 3.05) is 53.4 Å². The summed E-state index contributed by atoms with van der Waals surface area (Å²) in [6, 6.07) is 12.7. The lowest BCUT2D eigenvalue weighted by Crippen LogP contribution is -2.37. The molecule has 3 rings (SSSR count). The minimum absolute atomic E-state index is 0. The Morgan fingerprint density at radius 2 is 1.88 bits per heavy atom. The van der Waals surface area contributed by atoms with Crippen molar-refractivity contribution < 1.29 is 9.15 Å². The maximum atomic E-state index is 5.60. The zero-order valence-electron chi connectivity index (χ0n) is 19.4. The summed E-state index contributed by atoms with van der Waals surface area (Å²) in [5, 5.41) is 6.71. The zero-order chi connectivity index (χ0) is 21.7. The molecule has 0 amide bonds. The van der Waals surface area contributed by atoms with Gasteiger partial charge in [-0.05, 0) is 56.2 Å². The van der Waals surface area contributed by atoms with Crippen LogP contribution in [0, 0.1) is 0 Å². The molecule has 0 spiro atoms. The lowest BCUT2D eigenvalue weighted by atomic mass is 10.1. The van der Waals surface area contributed by atoms with Gasteiger partial charge in [-0.2, -0.15) is 0 Å². The normalized spacial score (nSPS) is 15.8. The molecule has 1 aromatic heterocycles. The van der Waals surface area contributed by atoms with Gasteiger partial charge >= 0.3 is 0 Å². The molecule has 1 saturated heterocycles. The number of furan rings is 1. The van der Waals surface area contributed by atoms with Crippen LogP contribution in [0.15, 0.2) is 52.1 Å². The van der Waals surface area contributed by atoms with Gasteiger partial charge in [-0.25, -0.2) is 0 Å². The third kappa shape index (κ3) is 9.89. The van der Waals surface area contributed by atoms with E-state index in [0.29, 0.717) is 13.2 Å². The van der Waals surface area contributed by atoms with E-state index in [2.05, 4.69) is 56.7 Å². The molecule has 8 heteroatoms. The summed E-state index contributed by atoms with van der Waals surface area (Å²) >= 11 is 0. The van der Waals surface area contributed by atoms with Crippen LogP contribution in [0.4, 0.5) is 0 Å². The largest absolute Gasteiger partial charge is 0.467 e. The second-order valence-corrected chi connectivity index (χ2v) is 8.09. The molecule has 0 unspecified atom stereocenters. The highest BCUT2D eigenvalue weighted by Crippen LogP contribution is 2.10. The molecular formula is C24H38IN5O2. The lowest BCUT2D eigenvalue weighted by molar-refractivity contribution is 0.105. The van der Waals surface area contributed by atoms with Crippen molar-refractivity contribution in [1.29, 1.82) is 0 Å². The Kier molecular flexibility index (Phi) is 12.7. The number of halogens is 1. The molecule has 0 saturated carbocycles. The molecule has 32 heavy (non-hydrogen) atoms. The van der Waals surface area contributed by atoms with E-state index in [4.69, 9.17) is 9.15 Å². The van der Waals surface area contributed by atoms with Gasteiger partial charge in [0.25, 0.3) is 0 Å². The molecule has 0 radical (unpaired) electrons. The zero-order valence-corrected chi connectivity index (χ0v) is 21.7. The first-order valence-electron chi connectivity index (χ1n) is 11.3. The van der Waals surface area contributed by atoms with Crippen LogP contribution in [0.5, 0.6) is 0 Å². The van der Waals surface area contributed by atoms with Crippen molar-refractivity contribution in [3.05, 3.63) is 59.5 Å². The fraction of sp³-hybridized carbons (Fsp3) is 0.542. The molecule has 0 atom stereocenters. The Morgan fingerprint density at radius 1 is 1.06 bits per heavy atom. The summed E-state index contributed by atoms with van der Waals surface area (Å²) in [6.07, 6.45) is 3.82. The predicted octanol–water partition coefficient (Wildman–Crippen LogP) is 3.31. The van der Waals surface area contributed by atoms with Crippen LogP contribution in [0.2, 0.25) is 0 Å². The maximum Gasteiger partial charge on any atom is 0.191 e. The molecule has 1 aliphatic rings. The molecule has 0 bridgehead atoms. The highest BCUT2D eigenvalue weighted by atomic mass is 127. The fourth-order valence-corrected chi connectivity index (χ4v) is 3.63. The number of hydrogen-bond donors (Lipinski definition) is 2. The van der Waals surface area contributed by atoms with Gasteiger partial charge in [0.15, 0.2) is 5.96 Å². The van der Waals surface area contributed by atoms with Gasteiger partial charge in [-0.1, -0.05) is 24.3 Å². The van der Waals surface area contributed by atoms with Crippen molar-refractivity contribution in [3.8, 4) is 0 Å². The number of aliphatic imine (C=N–C) groups is 1. The van der Waals surface area contributed by atoms with Crippen LogP contribution in [0.3, 0.4) is 0 Å². The number of likely N-dealkylation sites (N-methyl/N-ethyl adjacent to an activating group) is 1. The number of guanidine groups is 1. The number of hydrogen-bond acceptors (Lipinski definition) is 5. The van der Waals surface area contributed by atoms with Gasteiger partial charge in [0.2, 0.25) is 0 Å². The Hall–Kier alpha value is -1.62. The summed E-state index contributed by atoms with van der Waals surface area (Å²) in [7, 11) is 4.01. The van der Waals surface area contributed by atoms with E-state index in [1.165, 1.54) is 30.6 Å². The van der Waals surface area contributed by atoms with E-state index in [9.17, 15) is 0 Å². The summed E-state index contributed by atoms with van der Waals surface area (Å²) in [5.41, 5.74) is 2.63. The van der Waals surface area contributed by atoms with Crippen molar-refractivity contribution >= 4 is 29.9 Å². The third-order valence-corrected chi connectivity index (χ3v) is 5.51. The maximum absolute atomic E-state index is 5.60. The smallest absolute Gasteiger partial charge is 0.191 e. The quantitative estimate of drug-likeness (QED) is 0.203. The third-order valence-electron chi connectivity index (χ3n) is 5.51. The molecule has 178 valence electrons. The average molecular weight is 556 g/mol. The molecule has 0 aliphatic carbocycles. The van der Waals surface area contributed by atoms with Gasteiger partial charge < -0.3 is 24.7 Å². The van der Waals surface area contributed by atoms with E-state index in [1.807, 2.05) is 12.1 Å². The summed E-state index contributed by atoms with van der Waals surface area (Å²) in [5.74, 6) is 1.67. The predicted molar refractivity (Wildman–Crippen MR) is 140 cm³/mol. The van der Waals surface area contributed by atoms with Crippen LogP contribution < -0.4 is 10.6 Å². The summed E-state index contributed by atoms with van der Waals surface area (Å²) in [4.78, 5) is 9.28. The highest BCUT2D eigenvalue weighted by molar-refractivity contribution is 14.0. The molecule has 7 nitrogen and oxygen atoms in total. The van der Waals surface area contributed by atoms with Gasteiger partial charge in [0.05, 0.1) is 6.26 Å². The standard InChI is InChI=1S/C24H37N5O2.HI/c1-25-24(26-11-4-16-30-20-23-6-3-17-31-23)27-18-21-7-9-22(10-8-21)19-29-13-5-12-28(2)14-15-29;/h3,6-10,17H,4-5,11-16,18-20H2,1-2H3,(H2,25,26,27);1H. The SMILES string of the molecule is CN=C(NCCCOCc1ccco1)NCc1ccc(CN2CCCN(C)CC2)cc1.I. The fourth-order valence-electron chi connectivity index (χ4n) is 3.63. The van der Waals surface area contributed by atoms with Crippen molar-refractivity contribution in [3.63, 3.8) is 0 Å². The summed E-state index contributed by atoms with van der Waals surface area (Å²) < 4.78 is 10.9. The topological polar surface area (TPSA) is 65.3 Å². The summed E-state index contributed by atoms with van der Waals surface area (Å²) in [6.45, 7) is 8.49. The molecular weight excluding hydrogens is 517 g/mol. The highest BCUT2D eigenvalue weighted by Gasteiger charge is 2.12. The van der Waals surface area contributed by atoms with E-state index in [-0.39, 0.29) is 24.0 Å². The van der Waals surface area contributed by atoms with Crippen LogP contribution >= 0.6 is 24.0 Å². The number of ether oxygens (including phenoxy) is 1. The molecule has 1 aliphatic heterocycles. The van der Waals surface area contributed by atoms with Gasteiger partial charge in [0.1, 0.15) is 12.4 Å². The first kappa shape index (κ1) is 26.6. The minimum Gasteiger partial charge on any atom is -0.467 e. The van der Waals surface area contributed by atoms with Crippen LogP contribution in [-0.4, -0.2) is 69.2 Å². The molecule has 2 heterocycles. The molecule has 1 aromatic carbocycles. The Bertz CT molecular complexity index is 767. The lowest BCUT2D eigenvalue weighted by Gasteiger charge is -2.20.